The minimum absolute atomic E-state index is 0.0101. The van der Waals surface area contributed by atoms with Crippen LogP contribution in [0.15, 0.2) is 36.5 Å². The number of Topliss-reactive ketones (excluding diaryl/α,β-unsaturated/α-hetero) is 1. The molecule has 2 unspecified atom stereocenters. The number of fused-ring (bicyclic) bond motifs is 2. The van der Waals surface area contributed by atoms with Gasteiger partial charge in [-0.15, -0.1) is 0 Å². The predicted molar refractivity (Wildman–Crippen MR) is 481 cm³/mol. The van der Waals surface area contributed by atoms with Gasteiger partial charge in [0.1, 0.15) is 22.7 Å². The van der Waals surface area contributed by atoms with E-state index in [4.69, 9.17) is 48.8 Å². The minimum Gasteiger partial charge on any atom is -0.475 e. The highest BCUT2D eigenvalue weighted by Crippen LogP contribution is 2.49. The van der Waals surface area contributed by atoms with Crippen molar-refractivity contribution in [3.05, 3.63) is 36.5 Å². The van der Waals surface area contributed by atoms with Crippen LogP contribution in [0, 0.1) is 47.3 Å². The number of ketones is 1. The Balaban J connectivity index is 0.000000422. The molecule has 4 aliphatic carbocycles. The highest BCUT2D eigenvalue weighted by molar-refractivity contribution is 9.08. The number of carbonyl (C=O) groups excluding carboxylic acids is 6. The van der Waals surface area contributed by atoms with Crippen LogP contribution in [0.3, 0.4) is 0 Å². The van der Waals surface area contributed by atoms with Crippen molar-refractivity contribution in [2.75, 3.05) is 53.6 Å². The molecule has 0 spiro atoms. The first-order valence-electron chi connectivity index (χ1n) is 47.3. The number of methoxy groups -OCH3 is 3. The highest BCUT2D eigenvalue weighted by atomic mass is 79.9. The number of aliphatic carboxylic acids is 1. The molecule has 11 N–H and O–H groups in total. The summed E-state index contributed by atoms with van der Waals surface area (Å²) in [5.74, 6) is -0.648. The monoisotopic (exact) mass is 1870 g/mol. The number of aliphatic hydroxyl groups excluding tert-OH is 4. The summed E-state index contributed by atoms with van der Waals surface area (Å²) in [6.07, 6.45) is 39.2. The Hall–Kier alpha value is -4.90. The second-order valence-electron chi connectivity index (χ2n) is 37.3. The summed E-state index contributed by atoms with van der Waals surface area (Å²) in [6, 6.07) is -0.00242. The molecule has 4 aliphatic heterocycles. The highest BCUT2D eigenvalue weighted by Gasteiger charge is 2.53. The van der Waals surface area contributed by atoms with E-state index in [0.717, 1.165) is 186 Å². The number of hydrogen-bond acceptors (Lipinski definition) is 24. The van der Waals surface area contributed by atoms with E-state index in [9.17, 15) is 67.5 Å². The number of nitrogens with two attached hydrogens (primary N) is 1. The average molecular weight is 1870 g/mol. The number of carboxylic acid groups (broad SMARTS) is 1. The first-order chi connectivity index (χ1) is 59.7. The van der Waals surface area contributed by atoms with E-state index in [-0.39, 0.29) is 108 Å². The number of allylic oxidation sites excluding steroid dienone is 6. The molecule has 0 radical (unpaired) electrons. The largest absolute Gasteiger partial charge is 0.490 e. The molecule has 4 saturated carbocycles. The van der Waals surface area contributed by atoms with Crippen molar-refractivity contribution >= 4 is 57.8 Å². The number of esters is 3. The van der Waals surface area contributed by atoms with Crippen LogP contribution in [0.2, 0.25) is 0 Å². The maximum absolute atomic E-state index is 12.6. The van der Waals surface area contributed by atoms with E-state index in [2.05, 4.69) is 110 Å². The zero-order valence-corrected chi connectivity index (χ0v) is 80.4. The summed E-state index contributed by atoms with van der Waals surface area (Å²) in [6.45, 7) is 22.3. The molecule has 8 fully saturated rings. The van der Waals surface area contributed by atoms with E-state index >= 15 is 0 Å². The molecule has 0 aromatic heterocycles. The number of aliphatic hydroxyl groups is 5. The molecule has 8 aliphatic rings. The van der Waals surface area contributed by atoms with Crippen LogP contribution < -0.4 is 21.7 Å². The van der Waals surface area contributed by atoms with Crippen LogP contribution in [0.1, 0.15) is 332 Å². The molecule has 732 valence electrons. The number of unbranched alkanes of at least 4 members (excludes halogenated alkanes) is 11. The molecule has 2 amide bonds. The number of carboxylic acids is 1. The molecule has 18 atom stereocenters. The van der Waals surface area contributed by atoms with Gasteiger partial charge in [0.15, 0.2) is 17.9 Å². The lowest BCUT2D eigenvalue weighted by atomic mass is 9.80. The van der Waals surface area contributed by atoms with Gasteiger partial charge < -0.3 is 94.4 Å². The van der Waals surface area contributed by atoms with E-state index < -0.39 is 59.1 Å². The van der Waals surface area contributed by atoms with Crippen molar-refractivity contribution in [3.63, 3.8) is 0 Å². The fraction of sp³-hybridized carbons (Fsp3) is 0.863. The Kier molecular flexibility index (Phi) is 55.8. The number of hydrogen-bond donors (Lipinski definition) is 10. The maximum atomic E-state index is 12.6. The average Bonchev–Trinajstić information content (AvgIpc) is 1.64. The molecule has 4 saturated heterocycles. The molecule has 27 nitrogen and oxygen atoms in total. The van der Waals surface area contributed by atoms with Gasteiger partial charge in [-0.1, -0.05) is 131 Å². The Bertz CT molecular complexity index is 3150. The number of alkyl halides is 4. The van der Waals surface area contributed by atoms with Crippen LogP contribution in [0.25, 0.3) is 0 Å². The van der Waals surface area contributed by atoms with Crippen molar-refractivity contribution in [1.29, 1.82) is 0 Å². The lowest BCUT2D eigenvalue weighted by Crippen LogP contribution is -2.56. The van der Waals surface area contributed by atoms with Crippen molar-refractivity contribution in [2.45, 2.75) is 422 Å². The van der Waals surface area contributed by atoms with Crippen LogP contribution in [-0.4, -0.2) is 216 Å². The first-order valence-corrected chi connectivity index (χ1v) is 48.8. The van der Waals surface area contributed by atoms with Crippen LogP contribution in [0.4, 0.5) is 22.8 Å². The van der Waals surface area contributed by atoms with Crippen molar-refractivity contribution in [1.82, 2.24) is 16.0 Å². The Labute approximate surface area is 759 Å². The van der Waals surface area contributed by atoms with Crippen molar-refractivity contribution in [2.24, 2.45) is 53.1 Å². The number of ether oxygens (including phenoxy) is 10. The Morgan fingerprint density at radius 2 is 0.889 bits per heavy atom. The maximum Gasteiger partial charge on any atom is 0.490 e. The topological polar surface area (TPSA) is 395 Å². The molecule has 0 bridgehead atoms. The third-order valence-electron chi connectivity index (χ3n) is 25.4. The van der Waals surface area contributed by atoms with Crippen molar-refractivity contribution < 1.29 is 125 Å². The molecule has 0 aromatic carbocycles. The first kappa shape index (κ1) is 115. The summed E-state index contributed by atoms with van der Waals surface area (Å²) in [5.41, 5.74) is 4.36. The van der Waals surface area contributed by atoms with Gasteiger partial charge in [0, 0.05) is 88.4 Å². The van der Waals surface area contributed by atoms with Gasteiger partial charge in [-0.25, -0.2) is 14.4 Å². The van der Waals surface area contributed by atoms with E-state index in [1.807, 2.05) is 47.4 Å². The molecular weight excluding hydrogens is 1700 g/mol. The standard InChI is InChI=1S/C28H49NO7.C22H39NO6.2C21H37NO4.C2HF3O2.CH3Br/c1-6-7-12-16-28(34-18-19-35-28)17-15-21-22(13-10-8-9-11-14-25(31)33-5)24(30)20-23(21)29-26(32)36-27(2,3)4;1-5-6-7-9-22(26-11-12-27-22)10-8-15-16-13-19(24)28-18(16)14-17(15)23-20(25)29-21(2,3)4;1-3-4-9-13-21(25)14-12-16-17(19(23)15-18(16)22-21)10-7-5-6-8-11-20(24)26-2;1-3-4-7-10-16(23)13-14-17-18(20(24)15-19(17)22)11-8-5-6-9-12-21(25)26-2;3-2(4,5)1(6)7;1-2/h8,10,21-24,30H,6-7,9,11-20H2,1-5H3,(H,29,32);15-19,24H,5-14H2,1-4H3,(H,23,25);5,7,16-19,22-23,25H,3-4,6,8-15H2,1-2H3;5,8,17-20,24H,3-4,6-7,9-15,22H2,1-2H3;(H,6,7);1H3/b10-8-;;7-5-;8-5-;;/t21-,22-,23-,24+;15-,16-,17-,18+,19?;16-,17-,18-,19+,21?;17-,18-,19-,20+;;/m1111../s1. The summed E-state index contributed by atoms with van der Waals surface area (Å²) >= 11 is 2.94. The van der Waals surface area contributed by atoms with Gasteiger partial charge >= 0.3 is 42.2 Å². The molecule has 0 aromatic rings. The number of piperidine rings is 1. The van der Waals surface area contributed by atoms with E-state index in [1.165, 1.54) is 34.2 Å². The minimum atomic E-state index is -5.08. The van der Waals surface area contributed by atoms with Gasteiger partial charge in [-0.3, -0.25) is 24.5 Å². The third-order valence-corrected chi connectivity index (χ3v) is 25.4. The molecule has 4 heterocycles. The second kappa shape index (κ2) is 61.0. The van der Waals surface area contributed by atoms with Gasteiger partial charge in [-0.2, -0.15) is 13.2 Å². The number of carbonyl (C=O) groups is 7. The number of halogens is 4. The number of alkyl carbamates (subject to hydrolysis) is 2. The lowest BCUT2D eigenvalue weighted by Gasteiger charge is -2.41. The van der Waals surface area contributed by atoms with Crippen LogP contribution >= 0.6 is 15.9 Å². The van der Waals surface area contributed by atoms with E-state index in [0.29, 0.717) is 102 Å². The summed E-state index contributed by atoms with van der Waals surface area (Å²) in [5, 5.41) is 69.2. The SMILES string of the molecule is CBr.CCCCCC(=O)CC[C@@H]1[C@@H](C/C=C\CCCC(=O)OC)[C@@H](O)C[C@H]1N.CCCCCC1(CC[C@@H]2[C@@H](C/C=C\CCCC(=O)OC)[C@@H](O)C[C@H]2NC(=O)OC(C)(C)C)OCCO1.CCCCCC1(CC[C@@H]2[C@H]3CC(O)O[C@H]3C[C@H]2NC(=O)OC(C)(C)C)OCCO1.CCCCCC1(O)CC[C@@H]2[C@@H](C/C=C\CCCC(=O)OC)[C@@H](O)C[C@H]2N1.O=C(O)C(F)(F)F. The molecular formula is C95H166BrF3N4O23. The van der Waals surface area contributed by atoms with Crippen LogP contribution in [0.5, 0.6) is 0 Å². The number of nitrogens with one attached hydrogen (secondary N) is 3. The molecule has 126 heavy (non-hydrogen) atoms. The molecule has 8 rings (SSSR count). The Morgan fingerprint density at radius 3 is 1.33 bits per heavy atom. The zero-order chi connectivity index (χ0) is 94.1. The van der Waals surface area contributed by atoms with Gasteiger partial charge in [0.05, 0.1) is 72.2 Å². The second-order valence-corrected chi connectivity index (χ2v) is 37.3. The fourth-order valence-corrected chi connectivity index (χ4v) is 19.0. The zero-order valence-electron chi connectivity index (χ0n) is 78.8. The third kappa shape index (κ3) is 44.5. The lowest BCUT2D eigenvalue weighted by molar-refractivity contribution is -0.192. The fourth-order valence-electron chi connectivity index (χ4n) is 19.0. The van der Waals surface area contributed by atoms with Gasteiger partial charge in [0.2, 0.25) is 0 Å². The summed E-state index contributed by atoms with van der Waals surface area (Å²) in [4.78, 5) is 79.3. The number of amides is 2. The van der Waals surface area contributed by atoms with Crippen LogP contribution in [-0.2, 0) is 71.3 Å². The van der Waals surface area contributed by atoms with Gasteiger partial charge in [-0.05, 0) is 242 Å². The summed E-state index contributed by atoms with van der Waals surface area (Å²) in [7, 11) is 4.22. The molecule has 31 heteroatoms. The number of rotatable bonds is 45. The Morgan fingerprint density at radius 1 is 0.484 bits per heavy atom. The predicted octanol–water partition coefficient (Wildman–Crippen LogP) is 17.5. The van der Waals surface area contributed by atoms with Gasteiger partial charge in [0.25, 0.3) is 0 Å². The van der Waals surface area contributed by atoms with Crippen molar-refractivity contribution in [3.8, 4) is 0 Å². The normalized spacial score (nSPS) is 28.1. The smallest absolute Gasteiger partial charge is 0.475 e. The summed E-state index contributed by atoms with van der Waals surface area (Å²) < 4.78 is 86.6. The van der Waals surface area contributed by atoms with E-state index in [1.54, 1.807) is 0 Å². The quantitative estimate of drug-likeness (QED) is 0.00890.